The SMILES string of the molecule is CN1CCN(c2ccc3c(c2)[C@H]2C[C@H]3CCN2C(=O)Cc2ccccc2)CC1. The molecule has 2 atom stereocenters. The van der Waals surface area contributed by atoms with Gasteiger partial charge in [0.2, 0.25) is 5.91 Å². The number of hydrogen-bond donors (Lipinski definition) is 0. The third-order valence-electron chi connectivity index (χ3n) is 6.86. The number of piperidine rings is 1. The Morgan fingerprint density at radius 3 is 2.54 bits per heavy atom. The maximum Gasteiger partial charge on any atom is 0.227 e. The van der Waals surface area contributed by atoms with Gasteiger partial charge in [-0.2, -0.15) is 0 Å². The molecule has 4 nitrogen and oxygen atoms in total. The molecular weight excluding hydrogens is 346 g/mol. The van der Waals surface area contributed by atoms with Gasteiger partial charge in [0.1, 0.15) is 0 Å². The molecule has 2 bridgehead atoms. The van der Waals surface area contributed by atoms with Crippen LogP contribution in [0.2, 0.25) is 0 Å². The largest absolute Gasteiger partial charge is 0.369 e. The number of carbonyl (C=O) groups excluding carboxylic acids is 1. The van der Waals surface area contributed by atoms with Gasteiger partial charge in [-0.25, -0.2) is 0 Å². The smallest absolute Gasteiger partial charge is 0.227 e. The molecule has 3 aliphatic rings. The van der Waals surface area contributed by atoms with E-state index in [-0.39, 0.29) is 11.9 Å². The highest BCUT2D eigenvalue weighted by atomic mass is 16.2. The van der Waals surface area contributed by atoms with Crippen LogP contribution in [0, 0.1) is 0 Å². The van der Waals surface area contributed by atoms with Crippen LogP contribution >= 0.6 is 0 Å². The Hall–Kier alpha value is -2.33. The summed E-state index contributed by atoms with van der Waals surface area (Å²) in [5.41, 5.74) is 5.33. The summed E-state index contributed by atoms with van der Waals surface area (Å²) in [5.74, 6) is 0.898. The molecule has 1 amide bonds. The van der Waals surface area contributed by atoms with Crippen molar-refractivity contribution in [2.24, 2.45) is 0 Å². The van der Waals surface area contributed by atoms with Gasteiger partial charge in [0, 0.05) is 38.4 Å². The number of piperazine rings is 1. The van der Waals surface area contributed by atoms with Gasteiger partial charge in [-0.15, -0.1) is 0 Å². The van der Waals surface area contributed by atoms with Crippen LogP contribution < -0.4 is 4.90 Å². The average Bonchev–Trinajstić information content (AvgIpc) is 3.01. The minimum absolute atomic E-state index is 0.261. The number of rotatable bonds is 3. The Kier molecular flexibility index (Phi) is 4.59. The third-order valence-corrected chi connectivity index (χ3v) is 6.86. The van der Waals surface area contributed by atoms with Gasteiger partial charge in [0.15, 0.2) is 0 Å². The summed E-state index contributed by atoms with van der Waals surface area (Å²) in [6, 6.07) is 17.4. The molecule has 0 radical (unpaired) electrons. The lowest BCUT2D eigenvalue weighted by molar-refractivity contribution is -0.134. The van der Waals surface area contributed by atoms with Gasteiger partial charge in [0.25, 0.3) is 0 Å². The van der Waals surface area contributed by atoms with Crippen LogP contribution in [-0.4, -0.2) is 55.5 Å². The van der Waals surface area contributed by atoms with Crippen molar-refractivity contribution in [3.63, 3.8) is 0 Å². The van der Waals surface area contributed by atoms with Crippen LogP contribution in [0.15, 0.2) is 48.5 Å². The van der Waals surface area contributed by atoms with Crippen molar-refractivity contribution in [2.45, 2.75) is 31.2 Å². The zero-order valence-corrected chi connectivity index (χ0v) is 16.7. The van der Waals surface area contributed by atoms with Crippen molar-refractivity contribution in [1.29, 1.82) is 0 Å². The molecule has 0 N–H and O–H groups in total. The van der Waals surface area contributed by atoms with E-state index in [1.807, 2.05) is 18.2 Å². The first-order chi connectivity index (χ1) is 13.7. The fraction of sp³-hybridized carbons (Fsp3) is 0.458. The van der Waals surface area contributed by atoms with Crippen LogP contribution in [-0.2, 0) is 11.2 Å². The molecule has 2 saturated heterocycles. The summed E-state index contributed by atoms with van der Waals surface area (Å²) in [6.45, 7) is 5.29. The number of benzene rings is 2. The van der Waals surface area contributed by atoms with Crippen molar-refractivity contribution in [1.82, 2.24) is 9.80 Å². The fourth-order valence-electron chi connectivity index (χ4n) is 5.20. The molecule has 2 aliphatic heterocycles. The normalized spacial score (nSPS) is 24.3. The predicted octanol–water partition coefficient (Wildman–Crippen LogP) is 3.44. The molecule has 2 fully saturated rings. The van der Waals surface area contributed by atoms with E-state index in [0.29, 0.717) is 12.3 Å². The van der Waals surface area contributed by atoms with Crippen LogP contribution in [0.5, 0.6) is 0 Å². The Balaban J connectivity index is 1.38. The standard InChI is InChI=1S/C24H29N3O/c1-25-11-13-26(14-12-25)20-7-8-21-19-9-10-27(23(16-19)22(21)17-20)24(28)15-18-5-3-2-4-6-18/h2-8,17,19,23H,9-16H2,1H3/t19-,23-/m1/s1. The summed E-state index contributed by atoms with van der Waals surface area (Å²) < 4.78 is 0. The second-order valence-corrected chi connectivity index (χ2v) is 8.59. The second-order valence-electron chi connectivity index (χ2n) is 8.59. The number of likely N-dealkylation sites (N-methyl/N-ethyl adjacent to an activating group) is 1. The molecule has 2 heterocycles. The predicted molar refractivity (Wildman–Crippen MR) is 113 cm³/mol. The van der Waals surface area contributed by atoms with Crippen molar-refractivity contribution in [3.8, 4) is 0 Å². The number of hydrogen-bond acceptors (Lipinski definition) is 3. The molecule has 2 aromatic carbocycles. The molecule has 5 rings (SSSR count). The third kappa shape index (κ3) is 3.20. The van der Waals surface area contributed by atoms with Gasteiger partial charge in [-0.05, 0) is 54.6 Å². The van der Waals surface area contributed by atoms with Crippen LogP contribution in [0.4, 0.5) is 5.69 Å². The second kappa shape index (κ2) is 7.25. The zero-order chi connectivity index (χ0) is 19.1. The van der Waals surface area contributed by atoms with E-state index in [2.05, 4.69) is 52.1 Å². The van der Waals surface area contributed by atoms with Crippen LogP contribution in [0.25, 0.3) is 0 Å². The quantitative estimate of drug-likeness (QED) is 0.822. The molecule has 0 saturated carbocycles. The molecule has 0 spiro atoms. The van der Waals surface area contributed by atoms with Gasteiger partial charge in [-0.3, -0.25) is 4.79 Å². The highest BCUT2D eigenvalue weighted by Crippen LogP contribution is 2.50. The maximum atomic E-state index is 13.1. The molecule has 0 aromatic heterocycles. The number of amides is 1. The summed E-state index contributed by atoms with van der Waals surface area (Å²) >= 11 is 0. The van der Waals surface area contributed by atoms with Gasteiger partial charge in [0.05, 0.1) is 12.5 Å². The number of fused-ring (bicyclic) bond motifs is 5. The fourth-order valence-corrected chi connectivity index (χ4v) is 5.20. The first-order valence-corrected chi connectivity index (χ1v) is 10.6. The summed E-state index contributed by atoms with van der Waals surface area (Å²) in [5, 5.41) is 0. The minimum atomic E-state index is 0.261. The molecule has 28 heavy (non-hydrogen) atoms. The molecule has 0 unspecified atom stereocenters. The number of anilines is 1. The lowest BCUT2D eigenvalue weighted by Gasteiger charge is -2.35. The molecule has 1 aliphatic carbocycles. The topological polar surface area (TPSA) is 26.8 Å². The summed E-state index contributed by atoms with van der Waals surface area (Å²) in [7, 11) is 2.19. The van der Waals surface area contributed by atoms with E-state index >= 15 is 0 Å². The molecule has 4 heteroatoms. The van der Waals surface area contributed by atoms with Crippen LogP contribution in [0.3, 0.4) is 0 Å². The zero-order valence-electron chi connectivity index (χ0n) is 16.7. The van der Waals surface area contributed by atoms with E-state index in [1.165, 1.54) is 16.8 Å². The van der Waals surface area contributed by atoms with Crippen molar-refractivity contribution < 1.29 is 4.79 Å². The Bertz CT molecular complexity index is 857. The Morgan fingerprint density at radius 2 is 1.75 bits per heavy atom. The molecule has 2 aromatic rings. The van der Waals surface area contributed by atoms with E-state index in [9.17, 15) is 4.79 Å². The number of likely N-dealkylation sites (tertiary alicyclic amines) is 1. The highest BCUT2D eigenvalue weighted by molar-refractivity contribution is 5.80. The average molecular weight is 376 g/mol. The first-order valence-electron chi connectivity index (χ1n) is 10.6. The number of carbonyl (C=O) groups is 1. The lowest BCUT2D eigenvalue weighted by atomic mass is 9.95. The minimum Gasteiger partial charge on any atom is -0.369 e. The van der Waals surface area contributed by atoms with E-state index in [0.717, 1.165) is 51.1 Å². The Morgan fingerprint density at radius 1 is 0.964 bits per heavy atom. The van der Waals surface area contributed by atoms with Crippen molar-refractivity contribution in [2.75, 3.05) is 44.7 Å². The van der Waals surface area contributed by atoms with Gasteiger partial charge in [-0.1, -0.05) is 36.4 Å². The van der Waals surface area contributed by atoms with E-state index in [4.69, 9.17) is 0 Å². The van der Waals surface area contributed by atoms with Crippen molar-refractivity contribution in [3.05, 3.63) is 65.2 Å². The van der Waals surface area contributed by atoms with Gasteiger partial charge < -0.3 is 14.7 Å². The van der Waals surface area contributed by atoms with E-state index < -0.39 is 0 Å². The highest BCUT2D eigenvalue weighted by Gasteiger charge is 2.40. The van der Waals surface area contributed by atoms with Crippen LogP contribution in [0.1, 0.15) is 41.5 Å². The summed E-state index contributed by atoms with van der Waals surface area (Å²) in [6.07, 6.45) is 2.70. The Labute approximate surface area is 167 Å². The maximum absolute atomic E-state index is 13.1. The lowest BCUT2D eigenvalue weighted by Crippen LogP contribution is -2.44. The molecule has 146 valence electrons. The van der Waals surface area contributed by atoms with Crippen molar-refractivity contribution >= 4 is 11.6 Å². The monoisotopic (exact) mass is 375 g/mol. The number of nitrogens with zero attached hydrogens (tertiary/aromatic N) is 3. The summed E-state index contributed by atoms with van der Waals surface area (Å²) in [4.78, 5) is 20.1. The van der Waals surface area contributed by atoms with E-state index in [1.54, 1.807) is 0 Å². The first kappa shape index (κ1) is 17.7. The molecular formula is C24H29N3O. The van der Waals surface area contributed by atoms with Gasteiger partial charge >= 0.3 is 0 Å².